The molecule has 3 rings (SSSR count). The molecule has 1 amide bonds. The summed E-state index contributed by atoms with van der Waals surface area (Å²) >= 11 is 0. The highest BCUT2D eigenvalue weighted by atomic mass is 16.5. The minimum atomic E-state index is -0.0350. The molecule has 0 radical (unpaired) electrons. The van der Waals surface area contributed by atoms with E-state index in [2.05, 4.69) is 0 Å². The summed E-state index contributed by atoms with van der Waals surface area (Å²) < 4.78 is 21.4. The molecule has 1 aliphatic rings. The van der Waals surface area contributed by atoms with Crippen LogP contribution in [0.4, 0.5) is 0 Å². The third-order valence-corrected chi connectivity index (χ3v) is 5.16. The molecule has 1 unspecified atom stereocenters. The minimum Gasteiger partial charge on any atom is -0.497 e. The Hall–Kier alpha value is -3.15. The molecule has 0 N–H and O–H groups in total. The molecule has 29 heavy (non-hydrogen) atoms. The molecule has 0 aliphatic carbocycles. The zero-order valence-corrected chi connectivity index (χ0v) is 17.3. The van der Waals surface area contributed by atoms with Crippen LogP contribution >= 0.6 is 0 Å². The average molecular weight is 397 g/mol. The third kappa shape index (κ3) is 4.47. The molecule has 1 aliphatic heterocycles. The summed E-state index contributed by atoms with van der Waals surface area (Å²) in [6.07, 6.45) is 5.25. The third-order valence-electron chi connectivity index (χ3n) is 5.16. The number of carbonyl (C=O) groups excluding carboxylic acids is 1. The van der Waals surface area contributed by atoms with Crippen molar-refractivity contribution in [3.05, 3.63) is 53.6 Å². The molecular weight excluding hydrogens is 370 g/mol. The summed E-state index contributed by atoms with van der Waals surface area (Å²) in [6, 6.07) is 11.5. The number of carbonyl (C=O) groups is 1. The second-order valence-electron chi connectivity index (χ2n) is 6.75. The number of ether oxygens (including phenoxy) is 4. The molecule has 1 atom stereocenters. The van der Waals surface area contributed by atoms with E-state index in [0.717, 1.165) is 36.3 Å². The number of likely N-dealkylation sites (tertiary alicyclic amines) is 1. The Morgan fingerprint density at radius 3 is 2.38 bits per heavy atom. The van der Waals surface area contributed by atoms with Crippen molar-refractivity contribution in [2.75, 3.05) is 35.0 Å². The Labute approximate surface area is 171 Å². The SMILES string of the molecule is COc1cccc(C2CCCN2C(=O)/C=C/c2cc(OC)c(OC)cc2OC)c1. The Kier molecular flexibility index (Phi) is 6.65. The average Bonchev–Trinajstić information content (AvgIpc) is 3.26. The molecule has 2 aromatic rings. The molecule has 1 saturated heterocycles. The van der Waals surface area contributed by atoms with Gasteiger partial charge in [-0.3, -0.25) is 4.79 Å². The molecular formula is C23H27NO5. The smallest absolute Gasteiger partial charge is 0.247 e. The Morgan fingerprint density at radius 2 is 1.69 bits per heavy atom. The van der Waals surface area contributed by atoms with E-state index in [1.165, 1.54) is 0 Å². The predicted molar refractivity (Wildman–Crippen MR) is 112 cm³/mol. The first kappa shape index (κ1) is 20.6. The van der Waals surface area contributed by atoms with Crippen LogP contribution in [-0.2, 0) is 4.79 Å². The number of methoxy groups -OCH3 is 4. The summed E-state index contributed by atoms with van der Waals surface area (Å²) in [5, 5.41) is 0. The first-order valence-corrected chi connectivity index (χ1v) is 9.54. The van der Waals surface area contributed by atoms with Gasteiger partial charge in [-0.2, -0.15) is 0 Å². The molecule has 0 saturated carbocycles. The number of benzene rings is 2. The van der Waals surface area contributed by atoms with Crippen molar-refractivity contribution in [1.82, 2.24) is 4.90 Å². The maximum absolute atomic E-state index is 12.9. The van der Waals surface area contributed by atoms with Crippen LogP contribution in [-0.4, -0.2) is 45.8 Å². The lowest BCUT2D eigenvalue weighted by Crippen LogP contribution is -2.28. The molecule has 6 nitrogen and oxygen atoms in total. The van der Waals surface area contributed by atoms with Crippen LogP contribution in [0.1, 0.15) is 30.0 Å². The first-order valence-electron chi connectivity index (χ1n) is 9.54. The fraction of sp³-hybridized carbons (Fsp3) is 0.348. The van der Waals surface area contributed by atoms with Crippen LogP contribution in [0, 0.1) is 0 Å². The molecule has 1 fully saturated rings. The zero-order valence-electron chi connectivity index (χ0n) is 17.3. The molecule has 0 spiro atoms. The van der Waals surface area contributed by atoms with Crippen LogP contribution in [0.25, 0.3) is 6.08 Å². The molecule has 0 aromatic heterocycles. The van der Waals surface area contributed by atoms with Gasteiger partial charge in [0.1, 0.15) is 11.5 Å². The predicted octanol–water partition coefficient (Wildman–Crippen LogP) is 4.10. The van der Waals surface area contributed by atoms with Gasteiger partial charge < -0.3 is 23.8 Å². The minimum absolute atomic E-state index is 0.0350. The lowest BCUT2D eigenvalue weighted by Gasteiger charge is -2.24. The first-order chi connectivity index (χ1) is 14.1. The van der Waals surface area contributed by atoms with E-state index in [-0.39, 0.29) is 11.9 Å². The van der Waals surface area contributed by atoms with E-state index in [1.54, 1.807) is 52.7 Å². The highest BCUT2D eigenvalue weighted by molar-refractivity contribution is 5.92. The second-order valence-corrected chi connectivity index (χ2v) is 6.75. The van der Waals surface area contributed by atoms with Crippen LogP contribution in [0.3, 0.4) is 0 Å². The van der Waals surface area contributed by atoms with E-state index in [0.29, 0.717) is 17.2 Å². The van der Waals surface area contributed by atoms with Crippen molar-refractivity contribution in [3.8, 4) is 23.0 Å². The van der Waals surface area contributed by atoms with Crippen LogP contribution in [0.5, 0.6) is 23.0 Å². The summed E-state index contributed by atoms with van der Waals surface area (Å²) in [6.45, 7) is 0.730. The van der Waals surface area contributed by atoms with Gasteiger partial charge in [0.2, 0.25) is 5.91 Å². The molecule has 1 heterocycles. The van der Waals surface area contributed by atoms with E-state index in [4.69, 9.17) is 18.9 Å². The summed E-state index contributed by atoms with van der Waals surface area (Å²) in [5.41, 5.74) is 1.84. The maximum Gasteiger partial charge on any atom is 0.247 e. The number of hydrogen-bond donors (Lipinski definition) is 0. The number of rotatable bonds is 7. The van der Waals surface area contributed by atoms with Gasteiger partial charge in [0, 0.05) is 24.3 Å². The van der Waals surface area contributed by atoms with Gasteiger partial charge >= 0.3 is 0 Å². The van der Waals surface area contributed by atoms with E-state index in [9.17, 15) is 4.79 Å². The normalized spacial score (nSPS) is 16.1. The Morgan fingerprint density at radius 1 is 0.966 bits per heavy atom. The van der Waals surface area contributed by atoms with Crippen LogP contribution in [0.2, 0.25) is 0 Å². The highest BCUT2D eigenvalue weighted by Gasteiger charge is 2.29. The number of nitrogens with zero attached hydrogens (tertiary/aromatic N) is 1. The van der Waals surface area contributed by atoms with Crippen molar-refractivity contribution in [2.45, 2.75) is 18.9 Å². The fourth-order valence-corrected chi connectivity index (χ4v) is 3.67. The quantitative estimate of drug-likeness (QED) is 0.659. The summed E-state index contributed by atoms with van der Waals surface area (Å²) in [4.78, 5) is 14.8. The van der Waals surface area contributed by atoms with Gasteiger partial charge in [-0.05, 0) is 42.7 Å². The zero-order chi connectivity index (χ0) is 20.8. The number of amides is 1. The maximum atomic E-state index is 12.9. The van der Waals surface area contributed by atoms with Crippen LogP contribution < -0.4 is 18.9 Å². The lowest BCUT2D eigenvalue weighted by atomic mass is 10.0. The van der Waals surface area contributed by atoms with Gasteiger partial charge in [-0.1, -0.05) is 12.1 Å². The van der Waals surface area contributed by atoms with Crippen molar-refractivity contribution in [1.29, 1.82) is 0 Å². The molecule has 6 heteroatoms. The van der Waals surface area contributed by atoms with Gasteiger partial charge in [-0.15, -0.1) is 0 Å². The van der Waals surface area contributed by atoms with Gasteiger partial charge in [-0.25, -0.2) is 0 Å². The fourth-order valence-electron chi connectivity index (χ4n) is 3.67. The monoisotopic (exact) mass is 397 g/mol. The van der Waals surface area contributed by atoms with Gasteiger partial charge in [0.15, 0.2) is 11.5 Å². The van der Waals surface area contributed by atoms with Crippen molar-refractivity contribution in [3.63, 3.8) is 0 Å². The van der Waals surface area contributed by atoms with Crippen molar-refractivity contribution >= 4 is 12.0 Å². The lowest BCUT2D eigenvalue weighted by molar-refractivity contribution is -0.126. The van der Waals surface area contributed by atoms with Crippen LogP contribution in [0.15, 0.2) is 42.5 Å². The van der Waals surface area contributed by atoms with E-state index < -0.39 is 0 Å². The second kappa shape index (κ2) is 9.37. The Bertz CT molecular complexity index is 893. The highest BCUT2D eigenvalue weighted by Crippen LogP contribution is 2.36. The molecule has 154 valence electrons. The van der Waals surface area contributed by atoms with E-state index in [1.807, 2.05) is 29.2 Å². The topological polar surface area (TPSA) is 57.2 Å². The standard InChI is InChI=1S/C23H27NO5/c1-26-18-8-5-7-16(13-18)19-9-6-12-24(19)23(25)11-10-17-14-21(28-3)22(29-4)15-20(17)27-2/h5,7-8,10-11,13-15,19H,6,9,12H2,1-4H3/b11-10+. The van der Waals surface area contributed by atoms with Gasteiger partial charge in [0.25, 0.3) is 0 Å². The molecule has 2 aromatic carbocycles. The summed E-state index contributed by atoms with van der Waals surface area (Å²) in [7, 11) is 6.38. The Balaban J connectivity index is 1.82. The van der Waals surface area contributed by atoms with Crippen molar-refractivity contribution < 1.29 is 23.7 Å². The number of hydrogen-bond acceptors (Lipinski definition) is 5. The van der Waals surface area contributed by atoms with E-state index >= 15 is 0 Å². The summed E-state index contributed by atoms with van der Waals surface area (Å²) in [5.74, 6) is 2.53. The van der Waals surface area contributed by atoms with Crippen molar-refractivity contribution in [2.24, 2.45) is 0 Å². The largest absolute Gasteiger partial charge is 0.497 e. The molecule has 0 bridgehead atoms. The van der Waals surface area contributed by atoms with Gasteiger partial charge in [0.05, 0.1) is 34.5 Å².